The minimum atomic E-state index is 0.753. The molecule has 3 heteroatoms. The van der Waals surface area contributed by atoms with Crippen molar-refractivity contribution in [2.24, 2.45) is 17.8 Å². The van der Waals surface area contributed by atoms with E-state index in [2.05, 4.69) is 45.9 Å². The highest BCUT2D eigenvalue weighted by atomic mass is 79.9. The van der Waals surface area contributed by atoms with Crippen LogP contribution in [0.25, 0.3) is 0 Å². The maximum atomic E-state index is 3.77. The van der Waals surface area contributed by atoms with Crippen LogP contribution in [0.15, 0.2) is 15.2 Å². The third-order valence-corrected chi connectivity index (χ3v) is 7.02. The Balaban J connectivity index is 1.72. The molecule has 0 amide bonds. The van der Waals surface area contributed by atoms with Crippen molar-refractivity contribution in [3.63, 3.8) is 0 Å². The Hall–Kier alpha value is 0.140. The van der Waals surface area contributed by atoms with E-state index >= 15 is 0 Å². The lowest BCUT2D eigenvalue weighted by atomic mass is 9.68. The first kappa shape index (κ1) is 15.1. The van der Waals surface area contributed by atoms with E-state index in [4.69, 9.17) is 0 Å². The van der Waals surface area contributed by atoms with Crippen molar-refractivity contribution in [2.75, 3.05) is 6.54 Å². The van der Waals surface area contributed by atoms with Crippen LogP contribution < -0.4 is 5.32 Å². The van der Waals surface area contributed by atoms with E-state index in [1.54, 1.807) is 5.56 Å². The van der Waals surface area contributed by atoms with Gasteiger partial charge in [0, 0.05) is 15.9 Å². The monoisotopic (exact) mass is 355 g/mol. The highest BCUT2D eigenvalue weighted by molar-refractivity contribution is 9.10. The molecule has 0 bridgehead atoms. The van der Waals surface area contributed by atoms with Gasteiger partial charge in [-0.1, -0.05) is 13.8 Å². The zero-order valence-corrected chi connectivity index (χ0v) is 15.0. The fourth-order valence-corrected chi connectivity index (χ4v) is 5.31. The molecule has 2 aliphatic carbocycles. The zero-order chi connectivity index (χ0) is 14.1. The first-order valence-corrected chi connectivity index (χ1v) is 9.83. The second kappa shape index (κ2) is 6.50. The second-order valence-corrected chi connectivity index (χ2v) is 8.64. The van der Waals surface area contributed by atoms with Crippen molar-refractivity contribution >= 4 is 27.3 Å². The summed E-state index contributed by atoms with van der Waals surface area (Å²) in [5.41, 5.74) is 1.57. The van der Waals surface area contributed by atoms with Gasteiger partial charge in [0.15, 0.2) is 0 Å². The molecule has 3 rings (SSSR count). The summed E-state index contributed by atoms with van der Waals surface area (Å²) in [5.74, 6) is 3.32. The van der Waals surface area contributed by atoms with Gasteiger partial charge in [-0.25, -0.2) is 0 Å². The van der Waals surface area contributed by atoms with Crippen LogP contribution in [0.4, 0.5) is 0 Å². The smallest absolute Gasteiger partial charge is 0.0317 e. The zero-order valence-electron chi connectivity index (χ0n) is 12.6. The van der Waals surface area contributed by atoms with Crippen LogP contribution in [0.2, 0.25) is 0 Å². The SMILES string of the molecule is CC(C)C1CCC(CNC2CC2)C(c2cscc2Br)C1. The van der Waals surface area contributed by atoms with Gasteiger partial charge in [0.1, 0.15) is 0 Å². The van der Waals surface area contributed by atoms with Crippen molar-refractivity contribution in [1.82, 2.24) is 5.32 Å². The topological polar surface area (TPSA) is 12.0 Å². The number of rotatable bonds is 5. The third kappa shape index (κ3) is 3.48. The maximum Gasteiger partial charge on any atom is 0.0317 e. The molecule has 1 N–H and O–H groups in total. The molecular formula is C17H26BrNS. The summed E-state index contributed by atoms with van der Waals surface area (Å²) in [5, 5.41) is 8.40. The van der Waals surface area contributed by atoms with Crippen LogP contribution in [0.3, 0.4) is 0 Å². The van der Waals surface area contributed by atoms with E-state index in [0.29, 0.717) is 0 Å². The molecule has 0 aliphatic heterocycles. The normalized spacial score (nSPS) is 30.9. The standard InChI is InChI=1S/C17H26BrNS/c1-11(2)12-3-4-13(8-19-14-5-6-14)15(7-12)16-9-20-10-17(16)18/h9-15,19H,3-8H2,1-2H3. The summed E-state index contributed by atoms with van der Waals surface area (Å²) < 4.78 is 1.34. The molecule has 0 spiro atoms. The summed E-state index contributed by atoms with van der Waals surface area (Å²) in [6.07, 6.45) is 6.99. The summed E-state index contributed by atoms with van der Waals surface area (Å²) in [6, 6.07) is 0.837. The van der Waals surface area contributed by atoms with Gasteiger partial charge in [0.05, 0.1) is 0 Å². The largest absolute Gasteiger partial charge is 0.314 e. The van der Waals surface area contributed by atoms with Crippen LogP contribution in [0, 0.1) is 17.8 Å². The number of hydrogen-bond acceptors (Lipinski definition) is 2. The Morgan fingerprint density at radius 3 is 2.65 bits per heavy atom. The predicted octanol–water partition coefficient (Wildman–Crippen LogP) is 5.42. The van der Waals surface area contributed by atoms with Crippen molar-refractivity contribution in [3.8, 4) is 0 Å². The van der Waals surface area contributed by atoms with Crippen LogP contribution in [-0.4, -0.2) is 12.6 Å². The van der Waals surface area contributed by atoms with E-state index in [-0.39, 0.29) is 0 Å². The molecule has 2 fully saturated rings. The molecule has 0 aromatic carbocycles. The van der Waals surface area contributed by atoms with E-state index in [0.717, 1.165) is 29.7 Å². The van der Waals surface area contributed by atoms with E-state index < -0.39 is 0 Å². The molecular weight excluding hydrogens is 330 g/mol. The predicted molar refractivity (Wildman–Crippen MR) is 91.5 cm³/mol. The number of hydrogen-bond donors (Lipinski definition) is 1. The summed E-state index contributed by atoms with van der Waals surface area (Å²) in [6.45, 7) is 6.02. The molecule has 1 heterocycles. The summed E-state index contributed by atoms with van der Waals surface area (Å²) in [7, 11) is 0. The highest BCUT2D eigenvalue weighted by Crippen LogP contribution is 2.45. The highest BCUT2D eigenvalue weighted by Gasteiger charge is 2.34. The van der Waals surface area contributed by atoms with Gasteiger partial charge in [0.25, 0.3) is 0 Å². The molecule has 1 aromatic rings. The Bertz CT molecular complexity index is 438. The molecule has 112 valence electrons. The number of halogens is 1. The lowest BCUT2D eigenvalue weighted by Crippen LogP contribution is -2.34. The van der Waals surface area contributed by atoms with Crippen molar-refractivity contribution in [2.45, 2.75) is 57.9 Å². The van der Waals surface area contributed by atoms with E-state index in [1.165, 1.54) is 43.1 Å². The molecule has 3 atom stereocenters. The van der Waals surface area contributed by atoms with Gasteiger partial charge in [-0.3, -0.25) is 0 Å². The maximum absolute atomic E-state index is 3.77. The fraction of sp³-hybridized carbons (Fsp3) is 0.765. The van der Waals surface area contributed by atoms with Gasteiger partial charge >= 0.3 is 0 Å². The van der Waals surface area contributed by atoms with Crippen molar-refractivity contribution in [1.29, 1.82) is 0 Å². The lowest BCUT2D eigenvalue weighted by Gasteiger charge is -2.38. The third-order valence-electron chi connectivity index (χ3n) is 5.26. The van der Waals surface area contributed by atoms with Crippen LogP contribution >= 0.6 is 27.3 Å². The molecule has 20 heavy (non-hydrogen) atoms. The molecule has 3 unspecified atom stereocenters. The minimum absolute atomic E-state index is 0.753. The minimum Gasteiger partial charge on any atom is -0.314 e. The Morgan fingerprint density at radius 1 is 1.25 bits per heavy atom. The average molecular weight is 356 g/mol. The second-order valence-electron chi connectivity index (χ2n) is 7.04. The molecule has 1 nitrogen and oxygen atoms in total. The number of nitrogens with one attached hydrogen (secondary N) is 1. The lowest BCUT2D eigenvalue weighted by molar-refractivity contribution is 0.190. The van der Waals surface area contributed by atoms with Gasteiger partial charge in [-0.05, 0) is 89.2 Å². The van der Waals surface area contributed by atoms with Gasteiger partial charge < -0.3 is 5.32 Å². The molecule has 1 aromatic heterocycles. The van der Waals surface area contributed by atoms with Gasteiger partial charge in [0.2, 0.25) is 0 Å². The van der Waals surface area contributed by atoms with Crippen LogP contribution in [0.5, 0.6) is 0 Å². The van der Waals surface area contributed by atoms with Crippen LogP contribution in [0.1, 0.15) is 57.4 Å². The first-order chi connectivity index (χ1) is 9.65. The average Bonchev–Trinajstić information content (AvgIpc) is 3.17. The summed E-state index contributed by atoms with van der Waals surface area (Å²) in [4.78, 5) is 0. The Morgan fingerprint density at radius 2 is 2.05 bits per heavy atom. The molecule has 0 saturated heterocycles. The fourth-order valence-electron chi connectivity index (χ4n) is 3.66. The van der Waals surface area contributed by atoms with Crippen molar-refractivity contribution in [3.05, 3.63) is 20.8 Å². The molecule has 2 saturated carbocycles. The van der Waals surface area contributed by atoms with Gasteiger partial charge in [-0.15, -0.1) is 0 Å². The molecule has 2 aliphatic rings. The number of thiophene rings is 1. The summed E-state index contributed by atoms with van der Waals surface area (Å²) >= 11 is 5.61. The Labute approximate surface area is 135 Å². The van der Waals surface area contributed by atoms with Crippen LogP contribution in [-0.2, 0) is 0 Å². The van der Waals surface area contributed by atoms with Gasteiger partial charge in [-0.2, -0.15) is 11.3 Å². The molecule has 0 radical (unpaired) electrons. The Kier molecular flexibility index (Phi) is 4.89. The van der Waals surface area contributed by atoms with E-state index in [9.17, 15) is 0 Å². The quantitative estimate of drug-likeness (QED) is 0.743. The first-order valence-electron chi connectivity index (χ1n) is 8.10. The van der Waals surface area contributed by atoms with E-state index in [1.807, 2.05) is 11.3 Å². The van der Waals surface area contributed by atoms with Crippen molar-refractivity contribution < 1.29 is 0 Å².